The van der Waals surface area contributed by atoms with Crippen molar-refractivity contribution in [3.8, 4) is 0 Å². The van der Waals surface area contributed by atoms with E-state index < -0.39 is 10.0 Å². The molecule has 0 spiro atoms. The third-order valence-electron chi connectivity index (χ3n) is 2.59. The molecular weight excluding hydrogens is 423 g/mol. The van der Waals surface area contributed by atoms with Gasteiger partial charge in [0.2, 0.25) is 10.0 Å². The summed E-state index contributed by atoms with van der Waals surface area (Å²) >= 11 is 1.73. The predicted molar refractivity (Wildman–Crippen MR) is 100 cm³/mol. The van der Waals surface area contributed by atoms with Crippen molar-refractivity contribution in [3.63, 3.8) is 0 Å². The van der Waals surface area contributed by atoms with Crippen LogP contribution in [0.5, 0.6) is 0 Å². The fraction of sp³-hybridized carbons (Fsp3) is 0.583. The van der Waals surface area contributed by atoms with Crippen LogP contribution in [-0.4, -0.2) is 46.8 Å². The zero-order chi connectivity index (χ0) is 14.8. The lowest BCUT2D eigenvalue weighted by atomic mass is 10.3. The van der Waals surface area contributed by atoms with Crippen molar-refractivity contribution < 1.29 is 8.42 Å². The molecule has 0 aliphatic heterocycles. The van der Waals surface area contributed by atoms with E-state index in [9.17, 15) is 8.42 Å². The lowest BCUT2D eigenvalue weighted by Gasteiger charge is -2.11. The third kappa shape index (κ3) is 9.27. The number of hydrogen-bond donors (Lipinski definition) is 3. The van der Waals surface area contributed by atoms with Gasteiger partial charge in [-0.15, -0.1) is 35.3 Å². The molecule has 0 amide bonds. The van der Waals surface area contributed by atoms with E-state index in [0.29, 0.717) is 19.0 Å². The molecule has 3 N–H and O–H groups in total. The molecule has 9 heteroatoms. The molecule has 0 bridgehead atoms. The molecule has 0 atom stereocenters. The van der Waals surface area contributed by atoms with Crippen LogP contribution < -0.4 is 15.4 Å². The highest BCUT2D eigenvalue weighted by atomic mass is 127. The molecule has 0 fully saturated rings. The van der Waals surface area contributed by atoms with Crippen LogP contribution in [0.1, 0.15) is 11.8 Å². The standard InChI is InChI=1S/C12H22N4O2S2.HI/c1-3-20(17,18)16-9-8-15-12(13-2)14-7-6-11-5-4-10-19-11;/h4-5,10,16H,3,6-9H2,1-2H3,(H2,13,14,15);1H. The maximum atomic E-state index is 11.2. The van der Waals surface area contributed by atoms with Crippen LogP contribution in [0.2, 0.25) is 0 Å². The Morgan fingerprint density at radius 1 is 1.29 bits per heavy atom. The van der Waals surface area contributed by atoms with Gasteiger partial charge < -0.3 is 10.6 Å². The van der Waals surface area contributed by atoms with Crippen molar-refractivity contribution in [1.82, 2.24) is 15.4 Å². The first-order valence-electron chi connectivity index (χ1n) is 6.51. The van der Waals surface area contributed by atoms with Crippen molar-refractivity contribution >= 4 is 51.3 Å². The van der Waals surface area contributed by atoms with Crippen LogP contribution in [0, 0.1) is 0 Å². The van der Waals surface area contributed by atoms with E-state index >= 15 is 0 Å². The summed E-state index contributed by atoms with van der Waals surface area (Å²) in [5, 5.41) is 8.31. The average molecular weight is 446 g/mol. The molecule has 6 nitrogen and oxygen atoms in total. The van der Waals surface area contributed by atoms with Gasteiger partial charge >= 0.3 is 0 Å². The van der Waals surface area contributed by atoms with E-state index in [-0.39, 0.29) is 29.7 Å². The summed E-state index contributed by atoms with van der Waals surface area (Å²) in [7, 11) is -1.43. The normalized spacial score (nSPS) is 11.8. The van der Waals surface area contributed by atoms with Crippen LogP contribution in [0.25, 0.3) is 0 Å². The zero-order valence-corrected chi connectivity index (χ0v) is 16.2. The topological polar surface area (TPSA) is 82.6 Å². The van der Waals surface area contributed by atoms with Gasteiger partial charge in [0.15, 0.2) is 5.96 Å². The maximum absolute atomic E-state index is 11.2. The first kappa shape index (κ1) is 20.6. The Morgan fingerprint density at radius 3 is 2.57 bits per heavy atom. The van der Waals surface area contributed by atoms with Crippen LogP contribution >= 0.6 is 35.3 Å². The summed E-state index contributed by atoms with van der Waals surface area (Å²) in [4.78, 5) is 5.40. The largest absolute Gasteiger partial charge is 0.356 e. The van der Waals surface area contributed by atoms with E-state index in [1.807, 2.05) is 6.07 Å². The van der Waals surface area contributed by atoms with E-state index in [1.165, 1.54) is 4.88 Å². The fourth-order valence-electron chi connectivity index (χ4n) is 1.47. The molecule has 0 unspecified atom stereocenters. The van der Waals surface area contributed by atoms with Gasteiger partial charge in [-0.3, -0.25) is 4.99 Å². The summed E-state index contributed by atoms with van der Waals surface area (Å²) in [6, 6.07) is 4.13. The second kappa shape index (κ2) is 11.2. The molecule has 1 rings (SSSR count). The lowest BCUT2D eigenvalue weighted by molar-refractivity contribution is 0.582. The number of aliphatic imine (C=N–C) groups is 1. The smallest absolute Gasteiger partial charge is 0.211 e. The Bertz CT molecular complexity index is 503. The second-order valence-corrected chi connectivity index (χ2v) is 7.18. The number of guanidine groups is 1. The van der Waals surface area contributed by atoms with Crippen LogP contribution in [0.4, 0.5) is 0 Å². The summed E-state index contributed by atoms with van der Waals surface area (Å²) < 4.78 is 25.0. The SMILES string of the molecule is CCS(=O)(=O)NCCNC(=NC)NCCc1cccs1.I. The summed E-state index contributed by atoms with van der Waals surface area (Å²) in [5.74, 6) is 0.776. The van der Waals surface area contributed by atoms with E-state index in [2.05, 4.69) is 31.8 Å². The summed E-state index contributed by atoms with van der Waals surface area (Å²) in [5.41, 5.74) is 0. The first-order valence-corrected chi connectivity index (χ1v) is 9.05. The second-order valence-electron chi connectivity index (χ2n) is 4.05. The molecule has 122 valence electrons. The molecule has 0 radical (unpaired) electrons. The van der Waals surface area contributed by atoms with Crippen LogP contribution in [0.3, 0.4) is 0 Å². The number of sulfonamides is 1. The van der Waals surface area contributed by atoms with Gasteiger partial charge in [0.1, 0.15) is 0 Å². The first-order chi connectivity index (χ1) is 9.57. The van der Waals surface area contributed by atoms with Gasteiger partial charge in [-0.25, -0.2) is 13.1 Å². The number of thiophene rings is 1. The van der Waals surface area contributed by atoms with E-state index in [1.54, 1.807) is 25.3 Å². The molecule has 0 aliphatic rings. The minimum atomic E-state index is -3.12. The van der Waals surface area contributed by atoms with Crippen molar-refractivity contribution in [3.05, 3.63) is 22.4 Å². The van der Waals surface area contributed by atoms with Crippen molar-refractivity contribution in [2.24, 2.45) is 4.99 Å². The highest BCUT2D eigenvalue weighted by molar-refractivity contribution is 14.0. The molecule has 1 aromatic rings. The van der Waals surface area contributed by atoms with Crippen molar-refractivity contribution in [2.75, 3.05) is 32.4 Å². The molecule has 21 heavy (non-hydrogen) atoms. The number of hydrogen-bond acceptors (Lipinski definition) is 4. The summed E-state index contributed by atoms with van der Waals surface area (Å²) in [6.07, 6.45) is 0.945. The lowest BCUT2D eigenvalue weighted by Crippen LogP contribution is -2.42. The van der Waals surface area contributed by atoms with Crippen molar-refractivity contribution in [2.45, 2.75) is 13.3 Å². The molecule has 0 saturated carbocycles. The Morgan fingerprint density at radius 2 is 2.00 bits per heavy atom. The molecular formula is C12H23IN4O2S2. The van der Waals surface area contributed by atoms with Gasteiger partial charge in [0.25, 0.3) is 0 Å². The highest BCUT2D eigenvalue weighted by Crippen LogP contribution is 2.07. The molecule has 0 aromatic carbocycles. The summed E-state index contributed by atoms with van der Waals surface area (Å²) in [6.45, 7) is 3.25. The minimum absolute atomic E-state index is 0. The third-order valence-corrected chi connectivity index (χ3v) is 4.93. The highest BCUT2D eigenvalue weighted by Gasteiger charge is 2.04. The van der Waals surface area contributed by atoms with Gasteiger partial charge in [0, 0.05) is 31.6 Å². The van der Waals surface area contributed by atoms with Crippen molar-refractivity contribution in [1.29, 1.82) is 0 Å². The quantitative estimate of drug-likeness (QED) is 0.241. The average Bonchev–Trinajstić information content (AvgIpc) is 2.94. The van der Waals surface area contributed by atoms with Gasteiger partial charge in [-0.2, -0.15) is 0 Å². The Labute approximate surface area is 147 Å². The Kier molecular flexibility index (Phi) is 11.0. The number of nitrogens with one attached hydrogen (secondary N) is 3. The number of nitrogens with zero attached hydrogens (tertiary/aromatic N) is 1. The molecule has 0 saturated heterocycles. The van der Waals surface area contributed by atoms with Crippen LogP contribution in [-0.2, 0) is 16.4 Å². The Hall–Kier alpha value is -0.390. The van der Waals surface area contributed by atoms with Gasteiger partial charge in [0.05, 0.1) is 5.75 Å². The predicted octanol–water partition coefficient (Wildman–Crippen LogP) is 1.01. The Balaban J connectivity index is 0.00000400. The number of rotatable bonds is 8. The number of halogens is 1. The fourth-order valence-corrected chi connectivity index (χ4v) is 2.80. The molecule has 1 heterocycles. The molecule has 1 aromatic heterocycles. The maximum Gasteiger partial charge on any atom is 0.211 e. The minimum Gasteiger partial charge on any atom is -0.356 e. The van der Waals surface area contributed by atoms with Gasteiger partial charge in [-0.05, 0) is 24.8 Å². The van der Waals surface area contributed by atoms with Gasteiger partial charge in [-0.1, -0.05) is 6.07 Å². The van der Waals surface area contributed by atoms with E-state index in [0.717, 1.165) is 13.0 Å². The van der Waals surface area contributed by atoms with Crippen LogP contribution in [0.15, 0.2) is 22.5 Å². The molecule has 0 aliphatic carbocycles. The monoisotopic (exact) mass is 446 g/mol. The zero-order valence-electron chi connectivity index (χ0n) is 12.3. The van der Waals surface area contributed by atoms with E-state index in [4.69, 9.17) is 0 Å².